The SMILES string of the molecule is Cn1cccc1C(C(=O)O)c1ccc(Br)cc1. The molecule has 1 aromatic carbocycles. The maximum Gasteiger partial charge on any atom is 0.317 e. The Morgan fingerprint density at radius 1 is 1.29 bits per heavy atom. The second-order valence-electron chi connectivity index (χ2n) is 3.87. The van der Waals surface area contributed by atoms with Crippen LogP contribution in [0.2, 0.25) is 0 Å². The summed E-state index contributed by atoms with van der Waals surface area (Å²) < 4.78 is 2.78. The zero-order valence-corrected chi connectivity index (χ0v) is 10.9. The molecule has 0 aliphatic carbocycles. The van der Waals surface area contributed by atoms with E-state index in [1.54, 1.807) is 0 Å². The number of benzene rings is 1. The molecule has 4 heteroatoms. The molecule has 0 fully saturated rings. The summed E-state index contributed by atoms with van der Waals surface area (Å²) in [5.41, 5.74) is 1.56. The van der Waals surface area contributed by atoms with E-state index in [9.17, 15) is 9.90 Å². The predicted octanol–water partition coefficient (Wildman–Crippen LogP) is 3.00. The first-order valence-corrected chi connectivity index (χ1v) is 5.98. The minimum atomic E-state index is -0.839. The molecule has 0 amide bonds. The van der Waals surface area contributed by atoms with Gasteiger partial charge in [0.15, 0.2) is 0 Å². The van der Waals surface area contributed by atoms with Crippen LogP contribution in [0, 0.1) is 0 Å². The molecule has 3 nitrogen and oxygen atoms in total. The lowest BCUT2D eigenvalue weighted by atomic mass is 9.96. The monoisotopic (exact) mass is 293 g/mol. The fourth-order valence-corrected chi connectivity index (χ4v) is 2.13. The topological polar surface area (TPSA) is 42.2 Å². The van der Waals surface area contributed by atoms with Crippen LogP contribution in [0.25, 0.3) is 0 Å². The minimum Gasteiger partial charge on any atom is -0.480 e. The highest BCUT2D eigenvalue weighted by Crippen LogP contribution is 2.26. The van der Waals surface area contributed by atoms with Gasteiger partial charge in [0, 0.05) is 23.4 Å². The molecule has 1 heterocycles. The smallest absolute Gasteiger partial charge is 0.317 e. The van der Waals surface area contributed by atoms with Crippen molar-refractivity contribution in [3.05, 3.63) is 58.3 Å². The molecule has 0 saturated heterocycles. The molecule has 2 aromatic rings. The number of carbonyl (C=O) groups is 1. The first-order valence-electron chi connectivity index (χ1n) is 5.19. The summed E-state index contributed by atoms with van der Waals surface area (Å²) in [6.45, 7) is 0. The lowest BCUT2D eigenvalue weighted by Crippen LogP contribution is -2.15. The first-order chi connectivity index (χ1) is 8.09. The highest BCUT2D eigenvalue weighted by molar-refractivity contribution is 9.10. The van der Waals surface area contributed by atoms with Gasteiger partial charge in [0.2, 0.25) is 0 Å². The molecule has 0 saturated carbocycles. The molecule has 0 spiro atoms. The molecule has 17 heavy (non-hydrogen) atoms. The van der Waals surface area contributed by atoms with Crippen LogP contribution in [-0.2, 0) is 11.8 Å². The number of carboxylic acids is 1. The zero-order chi connectivity index (χ0) is 12.4. The van der Waals surface area contributed by atoms with E-state index in [2.05, 4.69) is 15.9 Å². The zero-order valence-electron chi connectivity index (χ0n) is 9.30. The van der Waals surface area contributed by atoms with Gasteiger partial charge in [0.1, 0.15) is 5.92 Å². The number of hydrogen-bond donors (Lipinski definition) is 1. The summed E-state index contributed by atoms with van der Waals surface area (Å²) in [6, 6.07) is 11.1. The third kappa shape index (κ3) is 2.42. The molecule has 1 N–H and O–H groups in total. The van der Waals surface area contributed by atoms with Gasteiger partial charge in [0.05, 0.1) is 0 Å². The Hall–Kier alpha value is -1.55. The van der Waals surface area contributed by atoms with Crippen molar-refractivity contribution in [1.29, 1.82) is 0 Å². The summed E-state index contributed by atoms with van der Waals surface area (Å²) >= 11 is 3.34. The van der Waals surface area contributed by atoms with Gasteiger partial charge in [-0.3, -0.25) is 4.79 Å². The molecule has 0 bridgehead atoms. The maximum absolute atomic E-state index is 11.4. The fourth-order valence-electron chi connectivity index (χ4n) is 1.87. The van der Waals surface area contributed by atoms with E-state index in [4.69, 9.17) is 0 Å². The lowest BCUT2D eigenvalue weighted by molar-refractivity contribution is -0.137. The molecule has 2 rings (SSSR count). The Morgan fingerprint density at radius 3 is 2.41 bits per heavy atom. The molecule has 0 radical (unpaired) electrons. The van der Waals surface area contributed by atoms with E-state index in [0.717, 1.165) is 15.7 Å². The van der Waals surface area contributed by atoms with Gasteiger partial charge >= 0.3 is 5.97 Å². The van der Waals surface area contributed by atoms with Gasteiger partial charge in [-0.25, -0.2) is 0 Å². The third-order valence-corrected chi connectivity index (χ3v) is 3.26. The van der Waals surface area contributed by atoms with Crippen LogP contribution in [0.5, 0.6) is 0 Å². The molecular formula is C13H12BrNO2. The second-order valence-corrected chi connectivity index (χ2v) is 4.78. The number of nitrogens with zero attached hydrogens (tertiary/aromatic N) is 1. The Balaban J connectivity index is 2.47. The van der Waals surface area contributed by atoms with Crippen LogP contribution >= 0.6 is 15.9 Å². The number of hydrogen-bond acceptors (Lipinski definition) is 1. The van der Waals surface area contributed by atoms with Crippen LogP contribution in [0.15, 0.2) is 47.1 Å². The van der Waals surface area contributed by atoms with Gasteiger partial charge in [0.25, 0.3) is 0 Å². The number of carboxylic acid groups (broad SMARTS) is 1. The molecule has 1 aromatic heterocycles. The summed E-state index contributed by atoms with van der Waals surface area (Å²) in [6.07, 6.45) is 1.85. The lowest BCUT2D eigenvalue weighted by Gasteiger charge is -2.14. The molecule has 1 unspecified atom stereocenters. The van der Waals surface area contributed by atoms with E-state index in [0.29, 0.717) is 0 Å². The largest absolute Gasteiger partial charge is 0.480 e. The van der Waals surface area contributed by atoms with Crippen molar-refractivity contribution in [2.24, 2.45) is 7.05 Å². The standard InChI is InChI=1S/C13H12BrNO2/c1-15-8-2-3-11(15)12(13(16)17)9-4-6-10(14)7-5-9/h2-8,12H,1H3,(H,16,17). The Morgan fingerprint density at radius 2 is 1.94 bits per heavy atom. The van der Waals surface area contributed by atoms with Crippen LogP contribution in [-0.4, -0.2) is 15.6 Å². The van der Waals surface area contributed by atoms with Crippen LogP contribution < -0.4 is 0 Å². The van der Waals surface area contributed by atoms with Crippen molar-refractivity contribution in [3.8, 4) is 0 Å². The summed E-state index contributed by atoms with van der Waals surface area (Å²) in [5, 5.41) is 9.37. The summed E-state index contributed by atoms with van der Waals surface area (Å²) in [7, 11) is 1.85. The molecule has 1 atom stereocenters. The highest BCUT2D eigenvalue weighted by Gasteiger charge is 2.23. The van der Waals surface area contributed by atoms with Crippen molar-refractivity contribution >= 4 is 21.9 Å². The van der Waals surface area contributed by atoms with Crippen molar-refractivity contribution in [3.63, 3.8) is 0 Å². The van der Waals surface area contributed by atoms with E-state index < -0.39 is 11.9 Å². The Bertz CT molecular complexity index is 531. The van der Waals surface area contributed by atoms with Gasteiger partial charge in [-0.1, -0.05) is 28.1 Å². The average Bonchev–Trinajstić information content (AvgIpc) is 2.68. The van der Waals surface area contributed by atoms with Gasteiger partial charge < -0.3 is 9.67 Å². The quantitative estimate of drug-likeness (QED) is 0.945. The predicted molar refractivity (Wildman–Crippen MR) is 69.0 cm³/mol. The van der Waals surface area contributed by atoms with Crippen molar-refractivity contribution < 1.29 is 9.90 Å². The van der Waals surface area contributed by atoms with Crippen LogP contribution in [0.4, 0.5) is 0 Å². The molecule has 0 aliphatic rings. The first kappa shape index (κ1) is 11.9. The van der Waals surface area contributed by atoms with Crippen molar-refractivity contribution in [2.75, 3.05) is 0 Å². The van der Waals surface area contributed by atoms with E-state index in [1.807, 2.05) is 54.2 Å². The summed E-state index contributed by atoms with van der Waals surface area (Å²) in [5.74, 6) is -1.46. The fraction of sp³-hybridized carbons (Fsp3) is 0.154. The van der Waals surface area contributed by atoms with Crippen molar-refractivity contribution in [1.82, 2.24) is 4.57 Å². The van der Waals surface area contributed by atoms with Gasteiger partial charge in [-0.15, -0.1) is 0 Å². The summed E-state index contributed by atoms with van der Waals surface area (Å²) in [4.78, 5) is 11.4. The van der Waals surface area contributed by atoms with Crippen LogP contribution in [0.1, 0.15) is 17.2 Å². The Labute approximate surface area is 108 Å². The number of aryl methyl sites for hydroxylation is 1. The molecule has 88 valence electrons. The Kier molecular flexibility index (Phi) is 3.33. The molecule has 0 aliphatic heterocycles. The van der Waals surface area contributed by atoms with Crippen molar-refractivity contribution in [2.45, 2.75) is 5.92 Å². The third-order valence-electron chi connectivity index (χ3n) is 2.73. The van der Waals surface area contributed by atoms with Gasteiger partial charge in [-0.05, 0) is 29.8 Å². The van der Waals surface area contributed by atoms with E-state index in [1.165, 1.54) is 0 Å². The number of rotatable bonds is 3. The highest BCUT2D eigenvalue weighted by atomic mass is 79.9. The van der Waals surface area contributed by atoms with Crippen LogP contribution in [0.3, 0.4) is 0 Å². The van der Waals surface area contributed by atoms with Gasteiger partial charge in [-0.2, -0.15) is 0 Å². The maximum atomic E-state index is 11.4. The average molecular weight is 294 g/mol. The number of aromatic nitrogens is 1. The number of aliphatic carboxylic acids is 1. The minimum absolute atomic E-state index is 0.622. The van der Waals surface area contributed by atoms with E-state index in [-0.39, 0.29) is 0 Å². The number of halogens is 1. The van der Waals surface area contributed by atoms with E-state index >= 15 is 0 Å². The second kappa shape index (κ2) is 4.75. The molecular weight excluding hydrogens is 282 g/mol. The normalized spacial score (nSPS) is 12.4.